The molecule has 6 nitrogen and oxygen atoms in total. The van der Waals surface area contributed by atoms with Gasteiger partial charge in [0.25, 0.3) is 0 Å². The van der Waals surface area contributed by atoms with E-state index in [0.717, 1.165) is 34.0 Å². The molecule has 0 saturated carbocycles. The molecule has 29 heavy (non-hydrogen) atoms. The average Bonchev–Trinajstić information content (AvgIpc) is 2.83. The Labute approximate surface area is 175 Å². The summed E-state index contributed by atoms with van der Waals surface area (Å²) in [4.78, 5) is 19.1. The first-order valence-electron chi connectivity index (χ1n) is 9.16. The third-order valence-electron chi connectivity index (χ3n) is 4.81. The number of aromatic amines is 1. The first kappa shape index (κ1) is 20.7. The van der Waals surface area contributed by atoms with Crippen molar-refractivity contribution in [2.75, 3.05) is 11.5 Å². The summed E-state index contributed by atoms with van der Waals surface area (Å²) in [5.74, 6) is 0.763. The van der Waals surface area contributed by atoms with Gasteiger partial charge in [0, 0.05) is 18.9 Å². The Morgan fingerprint density at radius 3 is 2.66 bits per heavy atom. The van der Waals surface area contributed by atoms with Crippen LogP contribution >= 0.6 is 12.2 Å². The summed E-state index contributed by atoms with van der Waals surface area (Å²) in [6, 6.07) is 15.4. The molecule has 4 rings (SSSR count). The normalized spacial score (nSPS) is 14.8. The Hall–Kier alpha value is -3.06. The van der Waals surface area contributed by atoms with E-state index < -0.39 is 0 Å². The van der Waals surface area contributed by atoms with Gasteiger partial charge in [-0.25, -0.2) is 4.98 Å². The number of rotatable bonds is 3. The SMILES string of the molecule is C.CCOc1ccc(C2Cc3nc(=S)[nH]nc3-c3ccccc3N2C(C)=O)cc1. The molecule has 0 saturated heterocycles. The van der Waals surface area contributed by atoms with Crippen LogP contribution in [-0.4, -0.2) is 27.7 Å². The highest BCUT2D eigenvalue weighted by atomic mass is 32.1. The first-order chi connectivity index (χ1) is 13.6. The van der Waals surface area contributed by atoms with Crippen LogP contribution in [0.3, 0.4) is 0 Å². The van der Waals surface area contributed by atoms with Crippen LogP contribution in [0.4, 0.5) is 5.69 Å². The second-order valence-electron chi connectivity index (χ2n) is 6.56. The summed E-state index contributed by atoms with van der Waals surface area (Å²) in [5.41, 5.74) is 4.18. The zero-order valence-corrected chi connectivity index (χ0v) is 16.5. The van der Waals surface area contributed by atoms with Crippen molar-refractivity contribution in [3.05, 3.63) is 64.6 Å². The molecule has 1 N–H and O–H groups in total. The van der Waals surface area contributed by atoms with Gasteiger partial charge >= 0.3 is 0 Å². The molecule has 3 aromatic rings. The van der Waals surface area contributed by atoms with Crippen molar-refractivity contribution in [2.45, 2.75) is 33.7 Å². The van der Waals surface area contributed by atoms with Gasteiger partial charge in [-0.3, -0.25) is 9.89 Å². The Balaban J connectivity index is 0.00000240. The van der Waals surface area contributed by atoms with E-state index in [1.807, 2.05) is 60.4 Å². The van der Waals surface area contributed by atoms with Crippen molar-refractivity contribution in [2.24, 2.45) is 0 Å². The third-order valence-corrected chi connectivity index (χ3v) is 4.99. The van der Waals surface area contributed by atoms with E-state index in [-0.39, 0.29) is 19.4 Å². The van der Waals surface area contributed by atoms with E-state index in [9.17, 15) is 4.79 Å². The molecule has 150 valence electrons. The number of para-hydroxylation sites is 1. The Morgan fingerprint density at radius 1 is 1.24 bits per heavy atom. The summed E-state index contributed by atoms with van der Waals surface area (Å²) >= 11 is 5.20. The fraction of sp³-hybridized carbons (Fsp3) is 0.273. The fourth-order valence-electron chi connectivity index (χ4n) is 3.66. The molecule has 2 aromatic carbocycles. The van der Waals surface area contributed by atoms with Crippen LogP contribution < -0.4 is 9.64 Å². The van der Waals surface area contributed by atoms with E-state index in [1.54, 1.807) is 6.92 Å². The number of ether oxygens (including phenoxy) is 1. The molecule has 0 bridgehead atoms. The Morgan fingerprint density at radius 2 is 1.97 bits per heavy atom. The van der Waals surface area contributed by atoms with E-state index >= 15 is 0 Å². The lowest BCUT2D eigenvalue weighted by molar-refractivity contribution is -0.117. The third kappa shape index (κ3) is 3.91. The summed E-state index contributed by atoms with van der Waals surface area (Å²) in [6.07, 6.45) is 0.517. The van der Waals surface area contributed by atoms with Crippen LogP contribution in [0, 0.1) is 4.77 Å². The number of nitrogens with zero attached hydrogens (tertiary/aromatic N) is 3. The van der Waals surface area contributed by atoms with Crippen molar-refractivity contribution in [1.29, 1.82) is 0 Å². The highest BCUT2D eigenvalue weighted by Gasteiger charge is 2.32. The quantitative estimate of drug-likeness (QED) is 0.625. The molecule has 1 atom stereocenters. The Kier molecular flexibility index (Phi) is 6.08. The Bertz CT molecular complexity index is 1080. The van der Waals surface area contributed by atoms with E-state index in [0.29, 0.717) is 17.8 Å². The van der Waals surface area contributed by atoms with Crippen LogP contribution in [0.25, 0.3) is 11.3 Å². The number of carbonyl (C=O) groups is 1. The highest BCUT2D eigenvalue weighted by Crippen LogP contribution is 2.41. The minimum atomic E-state index is -0.221. The summed E-state index contributed by atoms with van der Waals surface area (Å²) in [6.45, 7) is 4.14. The topological polar surface area (TPSA) is 71.1 Å². The number of benzene rings is 2. The molecule has 1 aromatic heterocycles. The highest BCUT2D eigenvalue weighted by molar-refractivity contribution is 7.71. The molecule has 0 radical (unpaired) electrons. The summed E-state index contributed by atoms with van der Waals surface area (Å²) in [7, 11) is 0. The molecule has 0 aliphatic carbocycles. The van der Waals surface area contributed by atoms with Gasteiger partial charge < -0.3 is 9.64 Å². The largest absolute Gasteiger partial charge is 0.494 e. The van der Waals surface area contributed by atoms with Crippen molar-refractivity contribution >= 4 is 23.8 Å². The molecule has 7 heteroatoms. The van der Waals surface area contributed by atoms with Gasteiger partial charge in [-0.05, 0) is 42.9 Å². The number of nitrogens with one attached hydrogen (secondary N) is 1. The predicted octanol–water partition coefficient (Wildman–Crippen LogP) is 4.89. The van der Waals surface area contributed by atoms with Crippen molar-refractivity contribution in [1.82, 2.24) is 15.2 Å². The standard InChI is InChI=1S/C21H20N4O2S.CH4/c1-3-27-15-10-8-14(9-11-15)19-12-17-20(23-24-21(28)22-17)16-6-4-5-7-18(16)25(19)13(2)26;/h4-11,19H,3,12H2,1-2H3,(H,22,24,28);1H4. The summed E-state index contributed by atoms with van der Waals surface area (Å²) in [5, 5.41) is 7.21. The molecule has 0 spiro atoms. The lowest BCUT2D eigenvalue weighted by Crippen LogP contribution is -2.34. The van der Waals surface area contributed by atoms with Crippen molar-refractivity contribution in [3.8, 4) is 17.0 Å². The number of amides is 1. The van der Waals surface area contributed by atoms with Gasteiger partial charge in [-0.1, -0.05) is 37.8 Å². The lowest BCUT2D eigenvalue weighted by Gasteiger charge is -2.30. The number of carbonyl (C=O) groups excluding carboxylic acids is 1. The molecule has 2 heterocycles. The monoisotopic (exact) mass is 408 g/mol. The smallest absolute Gasteiger partial charge is 0.224 e. The maximum Gasteiger partial charge on any atom is 0.224 e. The summed E-state index contributed by atoms with van der Waals surface area (Å²) < 4.78 is 5.89. The van der Waals surface area contributed by atoms with Gasteiger partial charge in [-0.15, -0.1) is 0 Å². The second-order valence-corrected chi connectivity index (χ2v) is 6.95. The zero-order chi connectivity index (χ0) is 19.7. The van der Waals surface area contributed by atoms with Crippen LogP contribution in [-0.2, 0) is 11.2 Å². The molecule has 1 aliphatic heterocycles. The molecule has 1 aliphatic rings. The fourth-order valence-corrected chi connectivity index (χ4v) is 3.82. The average molecular weight is 409 g/mol. The molecular formula is C22H24N4O2S. The maximum atomic E-state index is 12.7. The number of anilines is 1. The second kappa shape index (κ2) is 8.53. The minimum absolute atomic E-state index is 0. The molecule has 1 amide bonds. The van der Waals surface area contributed by atoms with E-state index in [1.165, 1.54) is 0 Å². The van der Waals surface area contributed by atoms with Gasteiger partial charge in [0.15, 0.2) is 0 Å². The zero-order valence-electron chi connectivity index (χ0n) is 15.7. The molecule has 0 fully saturated rings. The lowest BCUT2D eigenvalue weighted by atomic mass is 10.00. The van der Waals surface area contributed by atoms with Gasteiger partial charge in [0.1, 0.15) is 11.4 Å². The number of aromatic nitrogens is 3. The van der Waals surface area contributed by atoms with Crippen molar-refractivity contribution < 1.29 is 9.53 Å². The van der Waals surface area contributed by atoms with Crippen LogP contribution in [0.15, 0.2) is 48.5 Å². The van der Waals surface area contributed by atoms with Gasteiger partial charge in [0.05, 0.1) is 24.0 Å². The maximum absolute atomic E-state index is 12.7. The van der Waals surface area contributed by atoms with Gasteiger partial charge in [0.2, 0.25) is 10.7 Å². The number of hydrogen-bond acceptors (Lipinski definition) is 5. The van der Waals surface area contributed by atoms with Crippen LogP contribution in [0.5, 0.6) is 5.75 Å². The number of fused-ring (bicyclic) bond motifs is 3. The van der Waals surface area contributed by atoms with Crippen LogP contribution in [0.2, 0.25) is 0 Å². The minimum Gasteiger partial charge on any atom is -0.494 e. The van der Waals surface area contributed by atoms with Gasteiger partial charge in [-0.2, -0.15) is 5.10 Å². The predicted molar refractivity (Wildman–Crippen MR) is 117 cm³/mol. The number of H-pyrrole nitrogens is 1. The molecule has 1 unspecified atom stereocenters. The van der Waals surface area contributed by atoms with E-state index in [4.69, 9.17) is 17.0 Å². The van der Waals surface area contributed by atoms with Crippen LogP contribution in [0.1, 0.15) is 38.6 Å². The first-order valence-corrected chi connectivity index (χ1v) is 9.57. The van der Waals surface area contributed by atoms with E-state index in [2.05, 4.69) is 15.2 Å². The number of hydrogen-bond donors (Lipinski definition) is 1. The van der Waals surface area contributed by atoms with Crippen molar-refractivity contribution in [3.63, 3.8) is 0 Å². The molecular weight excluding hydrogens is 384 g/mol.